The van der Waals surface area contributed by atoms with Crippen molar-refractivity contribution in [3.63, 3.8) is 0 Å². The third-order valence-electron chi connectivity index (χ3n) is 4.11. The van der Waals surface area contributed by atoms with Gasteiger partial charge >= 0.3 is 0 Å². The first-order chi connectivity index (χ1) is 12.5. The maximum Gasteiger partial charge on any atom is 0.296 e. The number of amides is 1. The molecule has 0 bridgehead atoms. The molecule has 26 heavy (non-hydrogen) atoms. The Morgan fingerprint density at radius 1 is 1.27 bits per heavy atom. The summed E-state index contributed by atoms with van der Waals surface area (Å²) >= 11 is 0. The monoisotopic (exact) mass is 358 g/mol. The maximum absolute atomic E-state index is 12.8. The van der Waals surface area contributed by atoms with Gasteiger partial charge in [0.05, 0.1) is 11.1 Å². The predicted octanol–water partition coefficient (Wildman–Crippen LogP) is 2.24. The molecular weight excluding hydrogens is 339 g/mol. The molecule has 0 saturated carbocycles. The van der Waals surface area contributed by atoms with Gasteiger partial charge in [-0.25, -0.2) is 9.07 Å². The van der Waals surface area contributed by atoms with Crippen LogP contribution in [0.4, 0.5) is 4.39 Å². The summed E-state index contributed by atoms with van der Waals surface area (Å²) in [7, 11) is 0. The number of hydrogen-bond donors (Lipinski definition) is 1. The van der Waals surface area contributed by atoms with Crippen molar-refractivity contribution < 1.29 is 13.7 Å². The van der Waals surface area contributed by atoms with Crippen LogP contribution in [-0.2, 0) is 17.9 Å². The van der Waals surface area contributed by atoms with Crippen LogP contribution in [0.5, 0.6) is 0 Å². The average molecular weight is 358 g/mol. The molecular formula is C18H19FN4O3. The Labute approximate surface area is 148 Å². The third kappa shape index (κ3) is 3.79. The van der Waals surface area contributed by atoms with E-state index in [1.54, 1.807) is 26.0 Å². The molecule has 2 aromatic heterocycles. The van der Waals surface area contributed by atoms with Crippen molar-refractivity contribution in [2.45, 2.75) is 39.8 Å². The van der Waals surface area contributed by atoms with Crippen molar-refractivity contribution in [3.05, 3.63) is 57.5 Å². The normalized spacial score (nSPS) is 11.0. The average Bonchev–Trinajstić information content (AvgIpc) is 3.01. The van der Waals surface area contributed by atoms with Crippen molar-refractivity contribution >= 4 is 16.8 Å². The van der Waals surface area contributed by atoms with Gasteiger partial charge in [0.25, 0.3) is 5.56 Å². The molecule has 0 saturated heterocycles. The molecule has 0 atom stereocenters. The molecule has 1 aromatic carbocycles. The van der Waals surface area contributed by atoms with E-state index in [4.69, 9.17) is 4.52 Å². The fourth-order valence-electron chi connectivity index (χ4n) is 2.78. The van der Waals surface area contributed by atoms with Crippen LogP contribution in [0.2, 0.25) is 0 Å². The summed E-state index contributed by atoms with van der Waals surface area (Å²) in [4.78, 5) is 24.3. The lowest BCUT2D eigenvalue weighted by molar-refractivity contribution is -0.121. The van der Waals surface area contributed by atoms with Crippen molar-refractivity contribution in [3.8, 4) is 0 Å². The van der Waals surface area contributed by atoms with E-state index in [1.807, 2.05) is 0 Å². The zero-order valence-electron chi connectivity index (χ0n) is 14.6. The van der Waals surface area contributed by atoms with Crippen LogP contribution in [0.25, 0.3) is 10.9 Å². The molecule has 0 aliphatic carbocycles. The number of aryl methyl sites for hydroxylation is 3. The molecule has 136 valence electrons. The van der Waals surface area contributed by atoms with E-state index in [-0.39, 0.29) is 29.2 Å². The Hall–Kier alpha value is -3.03. The van der Waals surface area contributed by atoms with Gasteiger partial charge in [-0.15, -0.1) is 0 Å². The van der Waals surface area contributed by atoms with Gasteiger partial charge < -0.3 is 9.84 Å². The summed E-state index contributed by atoms with van der Waals surface area (Å²) in [5.41, 5.74) is 1.42. The molecule has 1 N–H and O–H groups in total. The number of aromatic nitrogens is 3. The molecule has 8 heteroatoms. The van der Waals surface area contributed by atoms with Gasteiger partial charge in [0.2, 0.25) is 5.91 Å². The van der Waals surface area contributed by atoms with E-state index in [1.165, 1.54) is 16.8 Å². The van der Waals surface area contributed by atoms with Crippen LogP contribution < -0.4 is 10.9 Å². The summed E-state index contributed by atoms with van der Waals surface area (Å²) in [6.45, 7) is 4.17. The third-order valence-corrected chi connectivity index (χ3v) is 4.11. The number of halogens is 1. The van der Waals surface area contributed by atoms with Crippen molar-refractivity contribution in [1.29, 1.82) is 0 Å². The van der Waals surface area contributed by atoms with Crippen LogP contribution in [0.1, 0.15) is 29.9 Å². The number of carbonyl (C=O) groups excluding carboxylic acids is 1. The zero-order valence-corrected chi connectivity index (χ0v) is 14.6. The van der Waals surface area contributed by atoms with E-state index in [9.17, 15) is 14.0 Å². The Balaban J connectivity index is 1.55. The highest BCUT2D eigenvalue weighted by molar-refractivity contribution is 5.81. The fraction of sp³-hybridized carbons (Fsp3) is 0.333. The zero-order chi connectivity index (χ0) is 18.7. The highest BCUT2D eigenvalue weighted by Gasteiger charge is 2.15. The number of nitrogens with one attached hydrogen (secondary N) is 1. The second-order valence-corrected chi connectivity index (χ2v) is 6.08. The Bertz CT molecular complexity index is 992. The number of hydrogen-bond acceptors (Lipinski definition) is 5. The Kier molecular flexibility index (Phi) is 5.11. The standard InChI is InChI=1S/C18H19FN4O3/c1-11-16-12(2)26-22-17(16)18(25)23(21-11)9-3-4-15(24)20-10-13-5-7-14(19)8-6-13/h5-8H,3-4,9-10H2,1-2H3,(H,20,24). The van der Waals surface area contributed by atoms with Gasteiger partial charge in [0.15, 0.2) is 5.52 Å². The van der Waals surface area contributed by atoms with Gasteiger partial charge in [-0.2, -0.15) is 5.10 Å². The van der Waals surface area contributed by atoms with Crippen LogP contribution in [0, 0.1) is 19.7 Å². The van der Waals surface area contributed by atoms with E-state index >= 15 is 0 Å². The molecule has 0 aliphatic rings. The summed E-state index contributed by atoms with van der Waals surface area (Å²) < 4.78 is 19.2. The minimum absolute atomic E-state index is 0.141. The number of carbonyl (C=O) groups is 1. The second kappa shape index (κ2) is 7.47. The van der Waals surface area contributed by atoms with Crippen molar-refractivity contribution in [2.24, 2.45) is 0 Å². The lowest BCUT2D eigenvalue weighted by atomic mass is 10.2. The first-order valence-corrected chi connectivity index (χ1v) is 8.30. The van der Waals surface area contributed by atoms with Crippen LogP contribution >= 0.6 is 0 Å². The molecule has 2 heterocycles. The largest absolute Gasteiger partial charge is 0.360 e. The highest BCUT2D eigenvalue weighted by Crippen LogP contribution is 2.16. The SMILES string of the molecule is Cc1nn(CCCC(=O)NCc2ccc(F)cc2)c(=O)c2noc(C)c12. The van der Waals surface area contributed by atoms with E-state index < -0.39 is 0 Å². The molecule has 3 aromatic rings. The minimum atomic E-state index is -0.325. The first-order valence-electron chi connectivity index (χ1n) is 8.30. The van der Waals surface area contributed by atoms with E-state index in [0.29, 0.717) is 36.4 Å². The van der Waals surface area contributed by atoms with Gasteiger partial charge in [-0.3, -0.25) is 9.59 Å². The second-order valence-electron chi connectivity index (χ2n) is 6.08. The molecule has 0 fully saturated rings. The first kappa shape index (κ1) is 17.8. The summed E-state index contributed by atoms with van der Waals surface area (Å²) in [6.07, 6.45) is 0.716. The number of benzene rings is 1. The molecule has 0 spiro atoms. The molecule has 3 rings (SSSR count). The predicted molar refractivity (Wildman–Crippen MR) is 93.0 cm³/mol. The molecule has 0 unspecified atom stereocenters. The molecule has 7 nitrogen and oxygen atoms in total. The van der Waals surface area contributed by atoms with Crippen molar-refractivity contribution in [2.75, 3.05) is 0 Å². The number of rotatable bonds is 6. The Morgan fingerprint density at radius 3 is 2.73 bits per heavy atom. The summed E-state index contributed by atoms with van der Waals surface area (Å²) in [6, 6.07) is 5.95. The van der Waals surface area contributed by atoms with Gasteiger partial charge in [-0.05, 0) is 38.0 Å². The fourth-order valence-corrected chi connectivity index (χ4v) is 2.78. The topological polar surface area (TPSA) is 90.0 Å². The number of fused-ring (bicyclic) bond motifs is 1. The van der Waals surface area contributed by atoms with E-state index in [0.717, 1.165) is 5.56 Å². The Morgan fingerprint density at radius 2 is 2.00 bits per heavy atom. The van der Waals surface area contributed by atoms with Crippen LogP contribution in [0.15, 0.2) is 33.6 Å². The maximum atomic E-state index is 12.8. The van der Waals surface area contributed by atoms with E-state index in [2.05, 4.69) is 15.6 Å². The van der Waals surface area contributed by atoms with Gasteiger partial charge in [0, 0.05) is 19.5 Å². The minimum Gasteiger partial charge on any atom is -0.360 e. The smallest absolute Gasteiger partial charge is 0.296 e. The molecule has 0 radical (unpaired) electrons. The van der Waals surface area contributed by atoms with Crippen LogP contribution in [0.3, 0.4) is 0 Å². The summed E-state index contributed by atoms with van der Waals surface area (Å²) in [5.74, 6) is 0.111. The van der Waals surface area contributed by atoms with Crippen molar-refractivity contribution in [1.82, 2.24) is 20.3 Å². The quantitative estimate of drug-likeness (QED) is 0.730. The lowest BCUT2D eigenvalue weighted by Crippen LogP contribution is -2.26. The molecule has 0 aliphatic heterocycles. The molecule has 1 amide bonds. The highest BCUT2D eigenvalue weighted by atomic mass is 19.1. The lowest BCUT2D eigenvalue weighted by Gasteiger charge is -2.07. The van der Waals surface area contributed by atoms with Gasteiger partial charge in [0.1, 0.15) is 11.6 Å². The van der Waals surface area contributed by atoms with Crippen LogP contribution in [-0.4, -0.2) is 20.8 Å². The number of nitrogens with zero attached hydrogens (tertiary/aromatic N) is 3. The summed E-state index contributed by atoms with van der Waals surface area (Å²) in [5, 5.41) is 11.5. The van der Waals surface area contributed by atoms with Gasteiger partial charge in [-0.1, -0.05) is 17.3 Å².